The molecule has 0 aliphatic carbocycles. The van der Waals surface area contributed by atoms with Gasteiger partial charge in [-0.25, -0.2) is 0 Å². The number of hydrogen-bond acceptors (Lipinski definition) is 2. The van der Waals surface area contributed by atoms with Gasteiger partial charge >= 0.3 is 0 Å². The van der Waals surface area contributed by atoms with E-state index in [4.69, 9.17) is 0 Å². The molecule has 56 valence electrons. The normalized spacial score (nSPS) is 17.9. The van der Waals surface area contributed by atoms with Crippen LogP contribution in [0, 0.1) is 0 Å². The van der Waals surface area contributed by atoms with Crippen LogP contribution in [0.1, 0.15) is 6.42 Å². The van der Waals surface area contributed by atoms with Crippen LogP contribution >= 0.6 is 0 Å². The highest BCUT2D eigenvalue weighted by atomic mass is 14.9. The van der Waals surface area contributed by atoms with Gasteiger partial charge < -0.3 is 10.6 Å². The van der Waals surface area contributed by atoms with Gasteiger partial charge in [-0.3, -0.25) is 0 Å². The largest absolute Gasteiger partial charge is 0.388 e. The lowest BCUT2D eigenvalue weighted by molar-refractivity contribution is 0.700. The number of hydrogen-bond donors (Lipinski definition) is 2. The summed E-state index contributed by atoms with van der Waals surface area (Å²) in [6.07, 6.45) is 3.28. The van der Waals surface area contributed by atoms with Crippen molar-refractivity contribution in [3.05, 3.63) is 23.9 Å². The molecule has 0 unspecified atom stereocenters. The molecule has 1 aliphatic rings. The Balaban J connectivity index is 2.53. The van der Waals surface area contributed by atoms with E-state index >= 15 is 0 Å². The van der Waals surface area contributed by atoms with E-state index < -0.39 is 0 Å². The lowest BCUT2D eigenvalue weighted by Crippen LogP contribution is -2.23. The lowest BCUT2D eigenvalue weighted by Gasteiger charge is -2.15. The van der Waals surface area contributed by atoms with Gasteiger partial charge in [0.2, 0.25) is 0 Å². The highest BCUT2D eigenvalue weighted by Gasteiger charge is 2.03. The van der Waals surface area contributed by atoms with Crippen LogP contribution in [0.25, 0.3) is 0 Å². The van der Waals surface area contributed by atoms with Crippen molar-refractivity contribution in [2.45, 2.75) is 6.42 Å². The Morgan fingerprint density at radius 3 is 3.10 bits per heavy atom. The van der Waals surface area contributed by atoms with Crippen molar-refractivity contribution >= 4 is 0 Å². The monoisotopic (exact) mass is 138 g/mol. The Morgan fingerprint density at radius 1 is 1.80 bits per heavy atom. The molecule has 2 heteroatoms. The number of likely N-dealkylation sites (N-methyl/N-ethyl adjacent to an activating group) is 1. The van der Waals surface area contributed by atoms with Gasteiger partial charge in [-0.05, 0) is 18.5 Å². The predicted octanol–water partition coefficient (Wildman–Crippen LogP) is 0.639. The Kier molecular flexibility index (Phi) is 2.51. The molecule has 0 amide bonds. The highest BCUT2D eigenvalue weighted by Crippen LogP contribution is 2.10. The van der Waals surface area contributed by atoms with Crippen molar-refractivity contribution in [3.8, 4) is 0 Å². The van der Waals surface area contributed by atoms with E-state index in [-0.39, 0.29) is 0 Å². The summed E-state index contributed by atoms with van der Waals surface area (Å²) >= 11 is 0. The molecular weight excluding hydrogens is 124 g/mol. The van der Waals surface area contributed by atoms with Crippen LogP contribution in [0.5, 0.6) is 0 Å². The third-order valence-electron chi connectivity index (χ3n) is 1.75. The Morgan fingerprint density at radius 2 is 2.60 bits per heavy atom. The average Bonchev–Trinajstić information content (AvgIpc) is 2.05. The summed E-state index contributed by atoms with van der Waals surface area (Å²) in [5, 5.41) is 6.29. The summed E-state index contributed by atoms with van der Waals surface area (Å²) in [4.78, 5) is 0. The molecule has 0 aromatic rings. The first-order valence-corrected chi connectivity index (χ1v) is 3.61. The number of allylic oxidation sites excluding steroid dienone is 1. The van der Waals surface area contributed by atoms with E-state index in [0.29, 0.717) is 0 Å². The van der Waals surface area contributed by atoms with Gasteiger partial charge in [0.15, 0.2) is 0 Å². The van der Waals surface area contributed by atoms with Gasteiger partial charge in [0.25, 0.3) is 0 Å². The molecule has 1 aliphatic heterocycles. The van der Waals surface area contributed by atoms with Crippen LogP contribution in [0.15, 0.2) is 23.9 Å². The second-order valence-corrected chi connectivity index (χ2v) is 2.41. The molecule has 0 fully saturated rings. The SMILES string of the molecule is C=C(NC)C1=CCNCC1. The molecule has 0 bridgehead atoms. The lowest BCUT2D eigenvalue weighted by atomic mass is 10.1. The van der Waals surface area contributed by atoms with Gasteiger partial charge in [-0.1, -0.05) is 12.7 Å². The van der Waals surface area contributed by atoms with Gasteiger partial charge in [0, 0.05) is 19.3 Å². The minimum atomic E-state index is 0.982. The molecule has 0 radical (unpaired) electrons. The number of nitrogens with one attached hydrogen (secondary N) is 2. The minimum Gasteiger partial charge on any atom is -0.388 e. The second-order valence-electron chi connectivity index (χ2n) is 2.41. The quantitative estimate of drug-likeness (QED) is 0.585. The standard InChI is InChI=1S/C8H14N2/c1-7(9-2)8-3-5-10-6-4-8/h3,9-10H,1,4-6H2,2H3. The first-order chi connectivity index (χ1) is 4.84. The summed E-state index contributed by atoms with van der Waals surface area (Å²) in [7, 11) is 1.91. The molecule has 0 atom stereocenters. The highest BCUT2D eigenvalue weighted by molar-refractivity contribution is 5.28. The van der Waals surface area contributed by atoms with Crippen molar-refractivity contribution in [2.24, 2.45) is 0 Å². The van der Waals surface area contributed by atoms with Crippen LogP contribution < -0.4 is 10.6 Å². The molecule has 0 aromatic heterocycles. The molecule has 1 heterocycles. The summed E-state index contributed by atoms with van der Waals surface area (Å²) in [5.74, 6) is 0. The van der Waals surface area contributed by atoms with Crippen LogP contribution in [-0.2, 0) is 0 Å². The first-order valence-electron chi connectivity index (χ1n) is 3.61. The van der Waals surface area contributed by atoms with Gasteiger partial charge in [-0.15, -0.1) is 0 Å². The molecule has 0 aromatic carbocycles. The zero-order valence-electron chi connectivity index (χ0n) is 6.41. The molecule has 2 N–H and O–H groups in total. The van der Waals surface area contributed by atoms with E-state index in [9.17, 15) is 0 Å². The molecule has 10 heavy (non-hydrogen) atoms. The van der Waals surface area contributed by atoms with Crippen molar-refractivity contribution in [2.75, 3.05) is 20.1 Å². The summed E-state index contributed by atoms with van der Waals surface area (Å²) in [6, 6.07) is 0. The fourth-order valence-electron chi connectivity index (χ4n) is 1.06. The van der Waals surface area contributed by atoms with Crippen molar-refractivity contribution in [1.82, 2.24) is 10.6 Å². The van der Waals surface area contributed by atoms with Gasteiger partial charge in [-0.2, -0.15) is 0 Å². The predicted molar refractivity (Wildman–Crippen MR) is 43.8 cm³/mol. The topological polar surface area (TPSA) is 24.1 Å². The smallest absolute Gasteiger partial charge is 0.0294 e. The van der Waals surface area contributed by atoms with Crippen LogP contribution in [0.3, 0.4) is 0 Å². The first kappa shape index (κ1) is 7.35. The molecule has 0 spiro atoms. The molecule has 0 saturated heterocycles. The Hall–Kier alpha value is -0.760. The molecule has 2 nitrogen and oxygen atoms in total. The van der Waals surface area contributed by atoms with Crippen molar-refractivity contribution in [1.29, 1.82) is 0 Å². The Labute approximate surface area is 62.0 Å². The fourth-order valence-corrected chi connectivity index (χ4v) is 1.06. The number of rotatable bonds is 2. The molecule has 0 saturated carbocycles. The zero-order chi connectivity index (χ0) is 7.40. The fraction of sp³-hybridized carbons (Fsp3) is 0.500. The third-order valence-corrected chi connectivity index (χ3v) is 1.75. The maximum absolute atomic E-state index is 3.89. The summed E-state index contributed by atoms with van der Waals surface area (Å²) in [6.45, 7) is 5.95. The van der Waals surface area contributed by atoms with Gasteiger partial charge in [0.05, 0.1) is 0 Å². The van der Waals surface area contributed by atoms with E-state index in [1.807, 2.05) is 7.05 Å². The van der Waals surface area contributed by atoms with E-state index in [1.165, 1.54) is 5.57 Å². The molecular formula is C8H14N2. The van der Waals surface area contributed by atoms with Crippen molar-refractivity contribution in [3.63, 3.8) is 0 Å². The molecule has 1 rings (SSSR count). The second kappa shape index (κ2) is 3.42. The Bertz CT molecular complexity index is 159. The summed E-state index contributed by atoms with van der Waals surface area (Å²) < 4.78 is 0. The third kappa shape index (κ3) is 1.61. The maximum atomic E-state index is 3.89. The van der Waals surface area contributed by atoms with Crippen LogP contribution in [-0.4, -0.2) is 20.1 Å². The van der Waals surface area contributed by atoms with Crippen molar-refractivity contribution < 1.29 is 0 Å². The average molecular weight is 138 g/mol. The van der Waals surface area contributed by atoms with Crippen LogP contribution in [0.2, 0.25) is 0 Å². The van der Waals surface area contributed by atoms with E-state index in [0.717, 1.165) is 25.2 Å². The minimum absolute atomic E-state index is 0.982. The van der Waals surface area contributed by atoms with Crippen LogP contribution in [0.4, 0.5) is 0 Å². The maximum Gasteiger partial charge on any atom is 0.0294 e. The van der Waals surface area contributed by atoms with E-state index in [1.54, 1.807) is 0 Å². The van der Waals surface area contributed by atoms with Gasteiger partial charge in [0.1, 0.15) is 0 Å². The summed E-state index contributed by atoms with van der Waals surface area (Å²) in [5.41, 5.74) is 2.41. The van der Waals surface area contributed by atoms with E-state index in [2.05, 4.69) is 23.3 Å². The zero-order valence-corrected chi connectivity index (χ0v) is 6.41.